The van der Waals surface area contributed by atoms with Gasteiger partial charge in [-0.2, -0.15) is 0 Å². The standard InChI is InChI=1S/C24H32Cl2N4O/c1-4-30(5-2)11-7-10-27-24(31)28-19-9-6-8-17(12-19)21-15-29(3)16-22-20(21)13-18(25)14-23(22)26/h6,8-9,12-14,21H,4-5,7,10-11,15-16H2,1-3H3,(H2,27,28,31). The number of nitrogens with one attached hydrogen (secondary N) is 2. The fraction of sp³-hybridized carbons (Fsp3) is 0.458. The van der Waals surface area contributed by atoms with Crippen LogP contribution in [0, 0.1) is 0 Å². The monoisotopic (exact) mass is 462 g/mol. The number of benzene rings is 2. The minimum absolute atomic E-state index is 0.142. The SMILES string of the molecule is CCN(CC)CCCNC(=O)Nc1cccc(C2CN(C)Cc3c(Cl)cc(Cl)cc32)c1. The summed E-state index contributed by atoms with van der Waals surface area (Å²) in [6, 6.07) is 11.7. The van der Waals surface area contributed by atoms with E-state index in [-0.39, 0.29) is 11.9 Å². The van der Waals surface area contributed by atoms with Gasteiger partial charge in [0.05, 0.1) is 0 Å². The Labute approximate surface area is 195 Å². The fourth-order valence-electron chi connectivity index (χ4n) is 4.18. The molecule has 3 rings (SSSR count). The predicted octanol–water partition coefficient (Wildman–Crippen LogP) is 5.42. The van der Waals surface area contributed by atoms with Gasteiger partial charge in [0.2, 0.25) is 0 Å². The van der Waals surface area contributed by atoms with Gasteiger partial charge in [0.1, 0.15) is 0 Å². The molecule has 0 aromatic heterocycles. The van der Waals surface area contributed by atoms with Gasteiger partial charge in [0.25, 0.3) is 0 Å². The van der Waals surface area contributed by atoms with Gasteiger partial charge in [-0.3, -0.25) is 0 Å². The number of amides is 2. The van der Waals surface area contributed by atoms with E-state index in [1.807, 2.05) is 24.3 Å². The van der Waals surface area contributed by atoms with Crippen LogP contribution in [0.2, 0.25) is 10.0 Å². The van der Waals surface area contributed by atoms with Crippen LogP contribution in [0.15, 0.2) is 36.4 Å². The Hall–Kier alpha value is -1.79. The van der Waals surface area contributed by atoms with E-state index in [0.29, 0.717) is 16.6 Å². The third kappa shape index (κ3) is 6.36. The van der Waals surface area contributed by atoms with Gasteiger partial charge in [0, 0.05) is 41.3 Å². The minimum atomic E-state index is -0.177. The summed E-state index contributed by atoms with van der Waals surface area (Å²) in [6.07, 6.45) is 0.932. The van der Waals surface area contributed by atoms with Crippen LogP contribution in [0.1, 0.15) is 42.9 Å². The summed E-state index contributed by atoms with van der Waals surface area (Å²) >= 11 is 12.8. The number of rotatable bonds is 8. The van der Waals surface area contributed by atoms with Crippen molar-refractivity contribution in [2.24, 2.45) is 0 Å². The number of anilines is 1. The lowest BCUT2D eigenvalue weighted by Gasteiger charge is -2.33. The highest BCUT2D eigenvalue weighted by Crippen LogP contribution is 2.38. The number of fused-ring (bicyclic) bond motifs is 1. The molecule has 168 valence electrons. The molecule has 1 aliphatic heterocycles. The summed E-state index contributed by atoms with van der Waals surface area (Å²) in [4.78, 5) is 17.0. The van der Waals surface area contributed by atoms with Crippen molar-refractivity contribution < 1.29 is 4.79 Å². The van der Waals surface area contributed by atoms with E-state index in [4.69, 9.17) is 23.2 Å². The van der Waals surface area contributed by atoms with Crippen LogP contribution in [0.25, 0.3) is 0 Å². The first-order valence-electron chi connectivity index (χ1n) is 10.9. The second kappa shape index (κ2) is 11.2. The lowest BCUT2D eigenvalue weighted by Crippen LogP contribution is -2.33. The van der Waals surface area contributed by atoms with E-state index in [0.717, 1.165) is 61.5 Å². The van der Waals surface area contributed by atoms with E-state index >= 15 is 0 Å². The van der Waals surface area contributed by atoms with Crippen molar-refractivity contribution in [2.75, 3.05) is 45.1 Å². The van der Waals surface area contributed by atoms with E-state index in [2.05, 4.69) is 47.4 Å². The Balaban J connectivity index is 1.67. The molecule has 0 saturated carbocycles. The van der Waals surface area contributed by atoms with Gasteiger partial charge in [0.15, 0.2) is 0 Å². The lowest BCUT2D eigenvalue weighted by molar-refractivity contribution is 0.250. The summed E-state index contributed by atoms with van der Waals surface area (Å²) in [5.41, 5.74) is 4.19. The molecule has 1 unspecified atom stereocenters. The first-order valence-corrected chi connectivity index (χ1v) is 11.7. The van der Waals surface area contributed by atoms with Gasteiger partial charge >= 0.3 is 6.03 Å². The Bertz CT molecular complexity index is 901. The lowest BCUT2D eigenvalue weighted by atomic mass is 9.84. The van der Waals surface area contributed by atoms with Crippen molar-refractivity contribution in [1.82, 2.24) is 15.1 Å². The molecule has 2 N–H and O–H groups in total. The first-order chi connectivity index (χ1) is 14.9. The quantitative estimate of drug-likeness (QED) is 0.514. The van der Waals surface area contributed by atoms with Crippen LogP contribution in [0.5, 0.6) is 0 Å². The average Bonchev–Trinajstić information content (AvgIpc) is 2.74. The summed E-state index contributed by atoms with van der Waals surface area (Å²) in [5, 5.41) is 7.27. The number of hydrogen-bond acceptors (Lipinski definition) is 3. The highest BCUT2D eigenvalue weighted by atomic mass is 35.5. The second-order valence-corrected chi connectivity index (χ2v) is 8.94. The summed E-state index contributed by atoms with van der Waals surface area (Å²) in [7, 11) is 2.09. The van der Waals surface area contributed by atoms with Crippen molar-refractivity contribution in [2.45, 2.75) is 32.7 Å². The molecule has 5 nitrogen and oxygen atoms in total. The van der Waals surface area contributed by atoms with Crippen molar-refractivity contribution in [3.05, 3.63) is 63.1 Å². The van der Waals surface area contributed by atoms with Gasteiger partial charge in [-0.05, 0) is 74.1 Å². The van der Waals surface area contributed by atoms with Crippen LogP contribution in [0.3, 0.4) is 0 Å². The number of halogens is 2. The summed E-state index contributed by atoms with van der Waals surface area (Å²) in [6.45, 7) is 9.68. The Morgan fingerprint density at radius 2 is 1.97 bits per heavy atom. The number of hydrogen-bond donors (Lipinski definition) is 2. The largest absolute Gasteiger partial charge is 0.338 e. The van der Waals surface area contributed by atoms with Crippen LogP contribution in [-0.2, 0) is 6.54 Å². The normalized spacial score (nSPS) is 16.3. The third-order valence-electron chi connectivity index (χ3n) is 5.87. The van der Waals surface area contributed by atoms with Gasteiger partial charge < -0.3 is 20.4 Å². The van der Waals surface area contributed by atoms with E-state index < -0.39 is 0 Å². The molecular formula is C24H32Cl2N4O. The van der Waals surface area contributed by atoms with Crippen molar-refractivity contribution in [3.8, 4) is 0 Å². The van der Waals surface area contributed by atoms with Crippen molar-refractivity contribution >= 4 is 34.9 Å². The number of carbonyl (C=O) groups excluding carboxylic acids is 1. The van der Waals surface area contributed by atoms with Crippen LogP contribution in [-0.4, -0.2) is 55.6 Å². The van der Waals surface area contributed by atoms with Gasteiger partial charge in [-0.15, -0.1) is 0 Å². The van der Waals surface area contributed by atoms with Crippen LogP contribution >= 0.6 is 23.2 Å². The molecule has 1 aliphatic rings. The molecule has 2 aromatic carbocycles. The van der Waals surface area contributed by atoms with Gasteiger partial charge in [-0.25, -0.2) is 4.79 Å². The molecule has 2 amide bonds. The molecule has 31 heavy (non-hydrogen) atoms. The number of urea groups is 1. The zero-order chi connectivity index (χ0) is 22.4. The highest BCUT2D eigenvalue weighted by Gasteiger charge is 2.27. The molecule has 1 heterocycles. The number of likely N-dealkylation sites (N-methyl/N-ethyl adjacent to an activating group) is 1. The maximum absolute atomic E-state index is 12.3. The van der Waals surface area contributed by atoms with Crippen LogP contribution in [0.4, 0.5) is 10.5 Å². The maximum atomic E-state index is 12.3. The third-order valence-corrected chi connectivity index (χ3v) is 6.43. The Kier molecular flexibility index (Phi) is 8.61. The number of nitrogens with zero attached hydrogens (tertiary/aromatic N) is 2. The number of carbonyl (C=O) groups is 1. The van der Waals surface area contributed by atoms with Gasteiger partial charge in [-0.1, -0.05) is 49.2 Å². The Morgan fingerprint density at radius 3 is 2.71 bits per heavy atom. The summed E-state index contributed by atoms with van der Waals surface area (Å²) in [5.74, 6) is 0.142. The topological polar surface area (TPSA) is 47.6 Å². The average molecular weight is 463 g/mol. The summed E-state index contributed by atoms with van der Waals surface area (Å²) < 4.78 is 0. The molecule has 0 fully saturated rings. The fourth-order valence-corrected chi connectivity index (χ4v) is 4.75. The molecule has 2 aromatic rings. The highest BCUT2D eigenvalue weighted by molar-refractivity contribution is 6.35. The molecule has 7 heteroatoms. The van der Waals surface area contributed by atoms with Crippen LogP contribution < -0.4 is 10.6 Å². The molecule has 1 atom stereocenters. The van der Waals surface area contributed by atoms with Crippen molar-refractivity contribution in [1.29, 1.82) is 0 Å². The van der Waals surface area contributed by atoms with Crippen molar-refractivity contribution in [3.63, 3.8) is 0 Å². The molecule has 0 spiro atoms. The first kappa shape index (κ1) is 23.9. The molecule has 0 bridgehead atoms. The molecule has 0 radical (unpaired) electrons. The van der Waals surface area contributed by atoms with E-state index in [1.165, 1.54) is 0 Å². The van der Waals surface area contributed by atoms with E-state index in [1.54, 1.807) is 6.07 Å². The second-order valence-electron chi connectivity index (χ2n) is 8.09. The maximum Gasteiger partial charge on any atom is 0.319 e. The van der Waals surface area contributed by atoms with E-state index in [9.17, 15) is 4.79 Å². The molecule has 0 aliphatic carbocycles. The zero-order valence-electron chi connectivity index (χ0n) is 18.5. The minimum Gasteiger partial charge on any atom is -0.338 e. The molecule has 0 saturated heterocycles. The Morgan fingerprint density at radius 1 is 1.19 bits per heavy atom. The predicted molar refractivity (Wildman–Crippen MR) is 131 cm³/mol. The zero-order valence-corrected chi connectivity index (χ0v) is 20.1. The molecular weight excluding hydrogens is 431 g/mol. The smallest absolute Gasteiger partial charge is 0.319 e.